The molecule has 0 saturated carbocycles. The molecule has 9 heteroatoms. The number of rotatable bonds is 10. The Hall–Kier alpha value is -4.24. The number of ketones is 1. The number of benzene rings is 3. The van der Waals surface area contributed by atoms with Crippen LogP contribution >= 0.6 is 0 Å². The van der Waals surface area contributed by atoms with Gasteiger partial charge in [0.2, 0.25) is 0 Å². The molecule has 0 saturated heterocycles. The van der Waals surface area contributed by atoms with Crippen LogP contribution in [0.5, 0.6) is 0 Å². The number of amides is 2. The average Bonchev–Trinajstić information content (AvgIpc) is 2.85. The number of aryl methyl sites for hydroxylation is 2. The van der Waals surface area contributed by atoms with E-state index in [9.17, 15) is 24.3 Å². The van der Waals surface area contributed by atoms with E-state index in [1.165, 1.54) is 6.92 Å². The van der Waals surface area contributed by atoms with Crippen LogP contribution in [0.15, 0.2) is 66.7 Å². The van der Waals surface area contributed by atoms with Crippen LogP contribution < -0.4 is 5.43 Å². The summed E-state index contributed by atoms with van der Waals surface area (Å²) in [6.45, 7) is 3.13. The van der Waals surface area contributed by atoms with Crippen molar-refractivity contribution in [1.82, 2.24) is 10.6 Å². The van der Waals surface area contributed by atoms with E-state index >= 15 is 0 Å². The number of carboxylic acids is 1. The van der Waals surface area contributed by atoms with Gasteiger partial charge in [0.1, 0.15) is 12.4 Å². The molecule has 0 radical (unpaired) electrons. The van der Waals surface area contributed by atoms with Crippen molar-refractivity contribution >= 4 is 34.5 Å². The van der Waals surface area contributed by atoms with Crippen LogP contribution in [0.25, 0.3) is 10.8 Å². The van der Waals surface area contributed by atoms with Crippen molar-refractivity contribution in [1.29, 1.82) is 0 Å². The number of carbonyl (C=O) groups is 4. The van der Waals surface area contributed by atoms with Gasteiger partial charge in [0, 0.05) is 12.8 Å². The summed E-state index contributed by atoms with van der Waals surface area (Å²) < 4.78 is 5.13. The maximum atomic E-state index is 13.0. The fourth-order valence-electron chi connectivity index (χ4n) is 3.64. The van der Waals surface area contributed by atoms with Crippen molar-refractivity contribution in [3.05, 3.63) is 83.4 Å². The molecule has 1 unspecified atom stereocenters. The zero-order valence-corrected chi connectivity index (χ0v) is 20.1. The first kappa shape index (κ1) is 26.4. The van der Waals surface area contributed by atoms with Gasteiger partial charge in [-0.2, -0.15) is 0 Å². The van der Waals surface area contributed by atoms with Crippen molar-refractivity contribution in [3.63, 3.8) is 0 Å². The number of ether oxygens (including phenoxy) is 1. The third-order valence-electron chi connectivity index (χ3n) is 5.45. The number of hydrogen-bond donors (Lipinski definition) is 2. The molecule has 0 bridgehead atoms. The lowest BCUT2D eigenvalue weighted by atomic mass is 9.98. The third kappa shape index (κ3) is 7.38. The molecule has 0 heterocycles. The van der Waals surface area contributed by atoms with Crippen LogP contribution in [0.2, 0.25) is 0 Å². The Morgan fingerprint density at radius 2 is 1.64 bits per heavy atom. The first-order valence-electron chi connectivity index (χ1n) is 11.4. The number of carbonyl (C=O) groups excluding carboxylic acids is 3. The van der Waals surface area contributed by atoms with Crippen molar-refractivity contribution in [3.8, 4) is 0 Å². The Morgan fingerprint density at radius 3 is 2.33 bits per heavy atom. The van der Waals surface area contributed by atoms with E-state index in [-0.39, 0.29) is 13.0 Å². The van der Waals surface area contributed by atoms with Crippen molar-refractivity contribution in [2.75, 3.05) is 0 Å². The number of fused-ring (bicyclic) bond motifs is 1. The number of Topliss-reactive ketones (excluding diaryl/α,β-unsaturated/α-hetero) is 1. The summed E-state index contributed by atoms with van der Waals surface area (Å²) in [4.78, 5) is 53.7. The number of hydrogen-bond acceptors (Lipinski definition) is 6. The average molecular weight is 493 g/mol. The molecule has 0 aliphatic heterocycles. The summed E-state index contributed by atoms with van der Waals surface area (Å²) >= 11 is 0. The van der Waals surface area contributed by atoms with E-state index in [2.05, 4.69) is 5.43 Å². The van der Waals surface area contributed by atoms with Gasteiger partial charge in [0.25, 0.3) is 5.91 Å². The Balaban J connectivity index is 1.73. The molecule has 9 nitrogen and oxygen atoms in total. The van der Waals surface area contributed by atoms with Gasteiger partial charge in [-0.05, 0) is 47.7 Å². The zero-order valence-electron chi connectivity index (χ0n) is 20.1. The van der Waals surface area contributed by atoms with Crippen LogP contribution in [0.1, 0.15) is 36.5 Å². The Morgan fingerprint density at radius 1 is 0.944 bits per heavy atom. The van der Waals surface area contributed by atoms with E-state index in [1.807, 2.05) is 49.4 Å². The van der Waals surface area contributed by atoms with Gasteiger partial charge in [-0.3, -0.25) is 9.59 Å². The molecule has 0 aliphatic rings. The fourth-order valence-corrected chi connectivity index (χ4v) is 3.64. The van der Waals surface area contributed by atoms with Crippen LogP contribution in [0.4, 0.5) is 4.79 Å². The minimum atomic E-state index is -1.67. The lowest BCUT2D eigenvalue weighted by Gasteiger charge is -2.25. The van der Waals surface area contributed by atoms with E-state index in [0.29, 0.717) is 11.6 Å². The van der Waals surface area contributed by atoms with Crippen molar-refractivity contribution in [2.45, 2.75) is 45.8 Å². The molecule has 0 spiro atoms. The second kappa shape index (κ2) is 12.5. The van der Waals surface area contributed by atoms with Crippen LogP contribution in [0.3, 0.4) is 0 Å². The van der Waals surface area contributed by atoms with Gasteiger partial charge in [-0.25, -0.2) is 19.9 Å². The summed E-state index contributed by atoms with van der Waals surface area (Å²) in [5, 5.41) is 11.9. The fraction of sp³-hybridized carbons (Fsp3) is 0.259. The standard InChI is InChI=1S/C27H28N2O7/c1-18-8-6-13-23-21(11-7-12-22(18)23)14-15-25(31)29(36-24(26(32)33)16-19(2)30)28-27(34)35-17-20-9-4-3-5-10-20/h3-13,24H,14-17H2,1-2H3,(H,28,34)(H,32,33). The molecular weight excluding hydrogens is 464 g/mol. The first-order chi connectivity index (χ1) is 17.2. The number of hydroxylamine groups is 1. The maximum Gasteiger partial charge on any atom is 0.428 e. The molecule has 188 valence electrons. The highest BCUT2D eigenvalue weighted by Gasteiger charge is 2.28. The second-order valence-electron chi connectivity index (χ2n) is 8.29. The highest BCUT2D eigenvalue weighted by molar-refractivity contribution is 5.89. The van der Waals surface area contributed by atoms with Gasteiger partial charge >= 0.3 is 12.1 Å². The lowest BCUT2D eigenvalue weighted by molar-refractivity contribution is -0.228. The number of hydrazine groups is 1. The summed E-state index contributed by atoms with van der Waals surface area (Å²) in [5.74, 6) is -2.61. The van der Waals surface area contributed by atoms with Gasteiger partial charge < -0.3 is 9.84 Å². The molecule has 2 N–H and O–H groups in total. The Labute approximate surface area is 208 Å². The second-order valence-corrected chi connectivity index (χ2v) is 8.29. The quantitative estimate of drug-likeness (QED) is 0.408. The zero-order chi connectivity index (χ0) is 26.1. The van der Waals surface area contributed by atoms with E-state index in [0.717, 1.165) is 27.5 Å². The number of aliphatic carboxylic acids is 1. The van der Waals surface area contributed by atoms with Crippen molar-refractivity contribution in [2.24, 2.45) is 0 Å². The topological polar surface area (TPSA) is 122 Å². The maximum absolute atomic E-state index is 13.0. The van der Waals surface area contributed by atoms with Crippen LogP contribution in [-0.4, -0.2) is 40.1 Å². The summed E-state index contributed by atoms with van der Waals surface area (Å²) in [7, 11) is 0. The molecule has 0 fully saturated rings. The predicted octanol–water partition coefficient (Wildman–Crippen LogP) is 4.11. The molecule has 36 heavy (non-hydrogen) atoms. The molecule has 0 aliphatic carbocycles. The molecule has 3 aromatic rings. The van der Waals surface area contributed by atoms with Gasteiger partial charge in [-0.15, -0.1) is 5.17 Å². The Kier molecular flexibility index (Phi) is 9.13. The monoisotopic (exact) mass is 492 g/mol. The summed E-state index contributed by atoms with van der Waals surface area (Å²) in [6, 6.07) is 20.6. The smallest absolute Gasteiger partial charge is 0.428 e. The highest BCUT2D eigenvalue weighted by Crippen LogP contribution is 2.23. The number of nitrogens with zero attached hydrogens (tertiary/aromatic N) is 1. The molecular formula is C27H28N2O7. The summed E-state index contributed by atoms with van der Waals surface area (Å²) in [6.07, 6.45) is -2.95. The first-order valence-corrected chi connectivity index (χ1v) is 11.4. The lowest BCUT2D eigenvalue weighted by Crippen LogP contribution is -2.49. The SMILES string of the molecule is CC(=O)CC(ON(NC(=O)OCc1ccccc1)C(=O)CCc1cccc2c(C)cccc12)C(=O)O. The van der Waals surface area contributed by atoms with Crippen molar-refractivity contribution < 1.29 is 33.9 Å². The van der Waals surface area contributed by atoms with E-state index < -0.39 is 36.3 Å². The van der Waals surface area contributed by atoms with Crippen LogP contribution in [-0.2, 0) is 37.0 Å². The van der Waals surface area contributed by atoms with Gasteiger partial charge in [0.05, 0.1) is 0 Å². The number of carboxylic acid groups (broad SMARTS) is 1. The number of nitrogens with one attached hydrogen (secondary N) is 1. The van der Waals surface area contributed by atoms with Gasteiger partial charge in [0.15, 0.2) is 6.10 Å². The highest BCUT2D eigenvalue weighted by atomic mass is 16.7. The largest absolute Gasteiger partial charge is 0.479 e. The summed E-state index contributed by atoms with van der Waals surface area (Å²) in [5.41, 5.74) is 4.88. The van der Waals surface area contributed by atoms with E-state index in [1.54, 1.807) is 24.3 Å². The Bertz CT molecular complexity index is 1240. The minimum absolute atomic E-state index is 0.0696. The minimum Gasteiger partial charge on any atom is -0.479 e. The molecule has 3 rings (SSSR count). The molecule has 1 atom stereocenters. The molecule has 3 aromatic carbocycles. The third-order valence-corrected chi connectivity index (χ3v) is 5.45. The van der Waals surface area contributed by atoms with Crippen LogP contribution in [0, 0.1) is 6.92 Å². The normalized spacial score (nSPS) is 11.5. The molecule has 2 amide bonds. The van der Waals surface area contributed by atoms with E-state index in [4.69, 9.17) is 9.57 Å². The predicted molar refractivity (Wildman–Crippen MR) is 131 cm³/mol. The van der Waals surface area contributed by atoms with Gasteiger partial charge in [-0.1, -0.05) is 66.7 Å². The molecule has 0 aromatic heterocycles.